The first-order chi connectivity index (χ1) is 2.27. The van der Waals surface area contributed by atoms with E-state index in [1.165, 1.54) is 0 Å². The fourth-order valence-electron chi connectivity index (χ4n) is 0. The molecule has 28 valence electrons. The average molecular weight is 179 g/mol. The molecule has 0 amide bonds. The van der Waals surface area contributed by atoms with Crippen molar-refractivity contribution in [3.05, 3.63) is 0 Å². The molecule has 0 atom stereocenters. The molecule has 5 heavy (non-hydrogen) atoms. The van der Waals surface area contributed by atoms with Crippen molar-refractivity contribution in [2.24, 2.45) is 0 Å². The maximum absolute atomic E-state index is 9.40. The van der Waals surface area contributed by atoms with Gasteiger partial charge in [0, 0.05) is 0 Å². The van der Waals surface area contributed by atoms with Crippen LogP contribution in [-0.2, 0) is 4.79 Å². The van der Waals surface area contributed by atoms with Crippen LogP contribution in [-0.4, -0.2) is 33.6 Å². The normalized spacial score (nSPS) is 7.40. The van der Waals surface area contributed by atoms with E-state index in [0.717, 1.165) is 22.5 Å². The minimum absolute atomic E-state index is 0.352. The van der Waals surface area contributed by atoms with E-state index in [1.54, 1.807) is 0 Å². The summed E-state index contributed by atoms with van der Waals surface area (Å²) in [5, 5.41) is 7.75. The van der Waals surface area contributed by atoms with Gasteiger partial charge in [0.05, 0.1) is 0 Å². The number of hydrogen-bond donors (Lipinski definition) is 1. The number of carboxylic acids is 1. The van der Waals surface area contributed by atoms with Crippen LogP contribution in [0.25, 0.3) is 0 Å². The molecule has 2 nitrogen and oxygen atoms in total. The van der Waals surface area contributed by atoms with Crippen molar-refractivity contribution in [3.8, 4) is 0 Å². The van der Waals surface area contributed by atoms with Crippen LogP contribution in [0.3, 0.4) is 0 Å². The van der Waals surface area contributed by atoms with Crippen molar-refractivity contribution in [3.63, 3.8) is 0 Å². The van der Waals surface area contributed by atoms with Crippen LogP contribution < -0.4 is 0 Å². The fourth-order valence-corrected chi connectivity index (χ4v) is 0. The van der Waals surface area contributed by atoms with Gasteiger partial charge in [-0.1, -0.05) is 0 Å². The van der Waals surface area contributed by atoms with Crippen molar-refractivity contribution in [1.82, 2.24) is 0 Å². The number of rotatable bonds is 1. The first-order valence-corrected chi connectivity index (χ1v) is 3.52. The van der Waals surface area contributed by atoms with Crippen LogP contribution in [0.4, 0.5) is 0 Å². The molecule has 0 rings (SSSR count). The third kappa shape index (κ3) is 4.27. The number of carboxylic acid groups (broad SMARTS) is 1. The zero-order valence-electron chi connectivity index (χ0n) is 2.64. The Bertz CT molecular complexity index is 42.9. The Balaban J connectivity index is 2.85. The van der Waals surface area contributed by atoms with Crippen molar-refractivity contribution in [1.29, 1.82) is 0 Å². The molecule has 0 spiro atoms. The van der Waals surface area contributed by atoms with Gasteiger partial charge < -0.3 is 0 Å². The van der Waals surface area contributed by atoms with Crippen LogP contribution in [0.1, 0.15) is 0 Å². The monoisotopic (exact) mass is 180 g/mol. The SMILES string of the molecule is O=C(O)[CH2][SnH]. The van der Waals surface area contributed by atoms with Crippen molar-refractivity contribution < 1.29 is 9.90 Å². The van der Waals surface area contributed by atoms with E-state index in [9.17, 15) is 4.79 Å². The van der Waals surface area contributed by atoms with Crippen LogP contribution in [0.5, 0.6) is 0 Å². The van der Waals surface area contributed by atoms with Gasteiger partial charge in [-0.15, -0.1) is 0 Å². The zero-order valence-corrected chi connectivity index (χ0v) is 5.94. The first-order valence-electron chi connectivity index (χ1n) is 1.19. The van der Waals surface area contributed by atoms with E-state index in [4.69, 9.17) is 5.11 Å². The molecule has 2 radical (unpaired) electrons. The molecular formula is C2H4O2Sn. The Kier molecular flexibility index (Phi) is 2.64. The van der Waals surface area contributed by atoms with Crippen molar-refractivity contribution >= 4 is 28.5 Å². The van der Waals surface area contributed by atoms with E-state index < -0.39 is 5.97 Å². The standard InChI is InChI=1S/C2H3O2.Sn.H/c1-2(3)4;;/h1H2,(H,3,4);;. The van der Waals surface area contributed by atoms with E-state index >= 15 is 0 Å². The quantitative estimate of drug-likeness (QED) is 0.545. The number of hydrogen-bond acceptors (Lipinski definition) is 1. The molecule has 1 N–H and O–H groups in total. The predicted molar refractivity (Wildman–Crippen MR) is 19.6 cm³/mol. The van der Waals surface area contributed by atoms with Crippen LogP contribution in [0.15, 0.2) is 0 Å². The van der Waals surface area contributed by atoms with Gasteiger partial charge in [-0.3, -0.25) is 0 Å². The summed E-state index contributed by atoms with van der Waals surface area (Å²) in [6, 6.07) is 0. The summed E-state index contributed by atoms with van der Waals surface area (Å²) in [7, 11) is 0. The van der Waals surface area contributed by atoms with Gasteiger partial charge in [0.25, 0.3) is 0 Å². The molecule has 0 unspecified atom stereocenters. The van der Waals surface area contributed by atoms with Gasteiger partial charge in [-0.05, 0) is 0 Å². The number of aliphatic carboxylic acids is 1. The zero-order chi connectivity index (χ0) is 4.28. The fraction of sp³-hybridized carbons (Fsp3) is 0.500. The Morgan fingerprint density at radius 1 is 2.00 bits per heavy atom. The van der Waals surface area contributed by atoms with E-state index in [1.807, 2.05) is 0 Å². The minimum atomic E-state index is -0.688. The summed E-state index contributed by atoms with van der Waals surface area (Å²) < 4.78 is 0.352. The third-order valence-electron chi connectivity index (χ3n) is 0.175. The second-order valence-electron chi connectivity index (χ2n) is 0.598. The molecular weight excluding hydrogens is 175 g/mol. The number of carbonyl (C=O) groups is 1. The van der Waals surface area contributed by atoms with Gasteiger partial charge in [0.1, 0.15) is 0 Å². The van der Waals surface area contributed by atoms with Crippen molar-refractivity contribution in [2.75, 3.05) is 0 Å². The Labute approximate surface area is 43.3 Å². The molecule has 0 saturated carbocycles. The molecule has 0 saturated heterocycles. The van der Waals surface area contributed by atoms with E-state index in [-0.39, 0.29) is 0 Å². The van der Waals surface area contributed by atoms with Crippen molar-refractivity contribution in [2.45, 2.75) is 4.44 Å². The summed E-state index contributed by atoms with van der Waals surface area (Å²) in [5.41, 5.74) is 0. The molecule has 0 fully saturated rings. The second kappa shape index (κ2) is 2.50. The topological polar surface area (TPSA) is 37.3 Å². The average Bonchev–Trinajstić information content (AvgIpc) is 1.38. The van der Waals surface area contributed by atoms with E-state index in [0.29, 0.717) is 4.44 Å². The van der Waals surface area contributed by atoms with Gasteiger partial charge >= 0.3 is 42.8 Å². The second-order valence-corrected chi connectivity index (χ2v) is 1.76. The summed E-state index contributed by atoms with van der Waals surface area (Å²) in [4.78, 5) is 9.40. The molecule has 3 heteroatoms. The van der Waals surface area contributed by atoms with Crippen LogP contribution >= 0.6 is 0 Å². The van der Waals surface area contributed by atoms with E-state index in [2.05, 4.69) is 0 Å². The van der Waals surface area contributed by atoms with Gasteiger partial charge in [0.2, 0.25) is 0 Å². The Morgan fingerprint density at radius 3 is 2.20 bits per heavy atom. The molecule has 0 aromatic heterocycles. The first kappa shape index (κ1) is 5.27. The maximum atomic E-state index is 9.40. The van der Waals surface area contributed by atoms with Crippen LogP contribution in [0, 0.1) is 0 Å². The van der Waals surface area contributed by atoms with Gasteiger partial charge in [-0.2, -0.15) is 0 Å². The summed E-state index contributed by atoms with van der Waals surface area (Å²) in [6.45, 7) is 0. The Morgan fingerprint density at radius 2 is 2.20 bits per heavy atom. The molecule has 0 aromatic rings. The summed E-state index contributed by atoms with van der Waals surface area (Å²) in [5.74, 6) is -0.688. The Hall–Kier alpha value is 0.269. The molecule has 0 aliphatic rings. The molecule has 0 bridgehead atoms. The molecule has 0 aliphatic heterocycles. The van der Waals surface area contributed by atoms with Crippen LogP contribution in [0.2, 0.25) is 4.44 Å². The summed E-state index contributed by atoms with van der Waals surface area (Å²) >= 11 is 0.827. The third-order valence-corrected chi connectivity index (χ3v) is 1.17. The summed E-state index contributed by atoms with van der Waals surface area (Å²) in [6.07, 6.45) is 0. The molecule has 0 aromatic carbocycles. The van der Waals surface area contributed by atoms with Gasteiger partial charge in [0.15, 0.2) is 0 Å². The molecule has 0 heterocycles. The predicted octanol–water partition coefficient (Wildman–Crippen LogP) is -0.610. The molecule has 0 aliphatic carbocycles. The van der Waals surface area contributed by atoms with Gasteiger partial charge in [-0.25, -0.2) is 0 Å².